The molecule has 0 atom stereocenters. The van der Waals surface area contributed by atoms with E-state index in [0.717, 1.165) is 5.56 Å². The van der Waals surface area contributed by atoms with Gasteiger partial charge in [-0.05, 0) is 6.92 Å². The Morgan fingerprint density at radius 1 is 1.26 bits per heavy atom. The molecule has 0 saturated heterocycles. The monoisotopic (exact) mass is 271 g/mol. The van der Waals surface area contributed by atoms with Gasteiger partial charge in [-0.15, -0.1) is 0 Å². The summed E-state index contributed by atoms with van der Waals surface area (Å²) in [5.41, 5.74) is 1.66. The van der Waals surface area contributed by atoms with E-state index in [0.29, 0.717) is 5.56 Å². The van der Waals surface area contributed by atoms with Gasteiger partial charge in [0, 0.05) is 25.1 Å². The van der Waals surface area contributed by atoms with Gasteiger partial charge in [-0.3, -0.25) is 9.69 Å². The van der Waals surface area contributed by atoms with Crippen molar-refractivity contribution in [3.05, 3.63) is 35.4 Å². The predicted octanol–water partition coefficient (Wildman–Crippen LogP) is 2.13. The Bertz CT molecular complexity index is 393. The van der Waals surface area contributed by atoms with E-state index in [4.69, 9.17) is 5.11 Å². The van der Waals surface area contributed by atoms with Crippen LogP contribution in [0.15, 0.2) is 24.3 Å². The van der Waals surface area contributed by atoms with Crippen LogP contribution in [-0.4, -0.2) is 48.5 Å². The molecule has 0 aliphatic heterocycles. The average Bonchev–Trinajstić information content (AvgIpc) is 2.36. The van der Waals surface area contributed by atoms with Crippen LogP contribution in [0.2, 0.25) is 0 Å². The number of carbonyl (C=O) groups is 1. The fraction of sp³-hybridized carbons (Fsp3) is 0.500. The maximum absolute atomic E-state index is 12.3. The molecule has 3 nitrogen and oxygen atoms in total. The molecular weight excluding hydrogens is 252 g/mol. The summed E-state index contributed by atoms with van der Waals surface area (Å²) in [6, 6.07) is 7.16. The Labute approximate surface area is 111 Å². The molecule has 1 aromatic carbocycles. The molecular formula is C14H19F2NO2. The lowest BCUT2D eigenvalue weighted by atomic mass is 10.1. The van der Waals surface area contributed by atoms with Gasteiger partial charge < -0.3 is 5.11 Å². The van der Waals surface area contributed by atoms with Crippen molar-refractivity contribution in [2.75, 3.05) is 26.2 Å². The Balaban J connectivity index is 2.49. The molecule has 106 valence electrons. The summed E-state index contributed by atoms with van der Waals surface area (Å²) in [7, 11) is 0. The van der Waals surface area contributed by atoms with Gasteiger partial charge >= 0.3 is 0 Å². The average molecular weight is 271 g/mol. The molecule has 19 heavy (non-hydrogen) atoms. The second kappa shape index (κ2) is 7.96. The number of aryl methyl sites for hydroxylation is 1. The fourth-order valence-electron chi connectivity index (χ4n) is 1.77. The van der Waals surface area contributed by atoms with Gasteiger partial charge in [0.2, 0.25) is 0 Å². The van der Waals surface area contributed by atoms with E-state index < -0.39 is 13.0 Å². The number of carbonyl (C=O) groups excluding carboxylic acids is 1. The van der Waals surface area contributed by atoms with Gasteiger partial charge in [0.25, 0.3) is 6.43 Å². The lowest BCUT2D eigenvalue weighted by Gasteiger charge is -2.20. The highest BCUT2D eigenvalue weighted by Gasteiger charge is 2.13. The van der Waals surface area contributed by atoms with Crippen molar-refractivity contribution in [2.45, 2.75) is 19.8 Å². The highest BCUT2D eigenvalue weighted by molar-refractivity contribution is 5.96. The molecule has 0 spiro atoms. The summed E-state index contributed by atoms with van der Waals surface area (Å²) >= 11 is 0. The zero-order valence-electron chi connectivity index (χ0n) is 11.0. The van der Waals surface area contributed by atoms with Crippen LogP contribution in [0.5, 0.6) is 0 Å². The molecule has 0 fully saturated rings. The topological polar surface area (TPSA) is 40.5 Å². The zero-order valence-corrected chi connectivity index (χ0v) is 11.0. The predicted molar refractivity (Wildman–Crippen MR) is 69.7 cm³/mol. The first-order valence-electron chi connectivity index (χ1n) is 6.24. The SMILES string of the molecule is Cc1ccc(C(=O)CCN(CCO)CC(F)F)cc1. The molecule has 5 heteroatoms. The van der Waals surface area contributed by atoms with Crippen molar-refractivity contribution >= 4 is 5.78 Å². The van der Waals surface area contributed by atoms with Crippen LogP contribution in [0.25, 0.3) is 0 Å². The van der Waals surface area contributed by atoms with Crippen molar-refractivity contribution in [1.82, 2.24) is 4.90 Å². The number of aliphatic hydroxyl groups is 1. The standard InChI is InChI=1S/C14H19F2NO2/c1-11-2-4-12(5-3-11)13(19)6-7-17(8-9-18)10-14(15)16/h2-5,14,18H,6-10H2,1H3. The minimum Gasteiger partial charge on any atom is -0.395 e. The third kappa shape index (κ3) is 5.89. The number of alkyl halides is 2. The van der Waals surface area contributed by atoms with E-state index in [2.05, 4.69) is 0 Å². The first-order chi connectivity index (χ1) is 9.02. The molecule has 0 unspecified atom stereocenters. The number of aliphatic hydroxyl groups excluding tert-OH is 1. The van der Waals surface area contributed by atoms with E-state index >= 15 is 0 Å². The number of ketones is 1. The number of nitrogens with zero attached hydrogens (tertiary/aromatic N) is 1. The number of halogens is 2. The fourth-order valence-corrected chi connectivity index (χ4v) is 1.77. The molecule has 0 aliphatic rings. The minimum absolute atomic E-state index is 0.0720. The molecule has 0 radical (unpaired) electrons. The van der Waals surface area contributed by atoms with Crippen molar-refractivity contribution in [2.24, 2.45) is 0 Å². The van der Waals surface area contributed by atoms with Crippen LogP contribution >= 0.6 is 0 Å². The summed E-state index contributed by atoms with van der Waals surface area (Å²) in [5.74, 6) is -0.0720. The summed E-state index contributed by atoms with van der Waals surface area (Å²) < 4.78 is 24.6. The maximum atomic E-state index is 12.3. The zero-order chi connectivity index (χ0) is 14.3. The number of rotatable bonds is 8. The quantitative estimate of drug-likeness (QED) is 0.736. The highest BCUT2D eigenvalue weighted by atomic mass is 19.3. The van der Waals surface area contributed by atoms with Crippen LogP contribution < -0.4 is 0 Å². The second-order valence-corrected chi connectivity index (χ2v) is 4.45. The van der Waals surface area contributed by atoms with Crippen LogP contribution in [0.1, 0.15) is 22.3 Å². The van der Waals surface area contributed by atoms with E-state index in [-0.39, 0.29) is 31.9 Å². The summed E-state index contributed by atoms with van der Waals surface area (Å²) in [6.07, 6.45) is -2.28. The second-order valence-electron chi connectivity index (χ2n) is 4.45. The number of hydrogen-bond donors (Lipinski definition) is 1. The largest absolute Gasteiger partial charge is 0.395 e. The van der Waals surface area contributed by atoms with Crippen molar-refractivity contribution in [3.8, 4) is 0 Å². The van der Waals surface area contributed by atoms with Crippen LogP contribution in [-0.2, 0) is 0 Å². The van der Waals surface area contributed by atoms with E-state index in [1.807, 2.05) is 19.1 Å². The lowest BCUT2D eigenvalue weighted by Crippen LogP contribution is -2.33. The summed E-state index contributed by atoms with van der Waals surface area (Å²) in [5, 5.41) is 8.79. The van der Waals surface area contributed by atoms with E-state index in [1.54, 1.807) is 12.1 Å². The van der Waals surface area contributed by atoms with E-state index in [9.17, 15) is 13.6 Å². The Morgan fingerprint density at radius 2 is 1.89 bits per heavy atom. The highest BCUT2D eigenvalue weighted by Crippen LogP contribution is 2.07. The molecule has 1 rings (SSSR count). The van der Waals surface area contributed by atoms with Crippen molar-refractivity contribution < 1.29 is 18.7 Å². The third-order valence-corrected chi connectivity index (χ3v) is 2.84. The van der Waals surface area contributed by atoms with Crippen molar-refractivity contribution in [1.29, 1.82) is 0 Å². The third-order valence-electron chi connectivity index (χ3n) is 2.84. The molecule has 0 heterocycles. The van der Waals surface area contributed by atoms with Gasteiger partial charge in [0.1, 0.15) is 0 Å². The number of benzene rings is 1. The molecule has 0 saturated carbocycles. The van der Waals surface area contributed by atoms with Gasteiger partial charge in [-0.1, -0.05) is 29.8 Å². The first kappa shape index (κ1) is 15.7. The van der Waals surface area contributed by atoms with Gasteiger partial charge in [-0.2, -0.15) is 0 Å². The normalized spacial score (nSPS) is 11.3. The van der Waals surface area contributed by atoms with Crippen LogP contribution in [0, 0.1) is 6.92 Å². The molecule has 1 N–H and O–H groups in total. The first-order valence-corrected chi connectivity index (χ1v) is 6.24. The van der Waals surface area contributed by atoms with Crippen LogP contribution in [0.4, 0.5) is 8.78 Å². The Hall–Kier alpha value is -1.33. The molecule has 0 aromatic heterocycles. The molecule has 0 bridgehead atoms. The van der Waals surface area contributed by atoms with Gasteiger partial charge in [0.15, 0.2) is 5.78 Å². The summed E-state index contributed by atoms with van der Waals surface area (Å²) in [4.78, 5) is 13.3. The molecule has 0 amide bonds. The molecule has 0 aliphatic carbocycles. The lowest BCUT2D eigenvalue weighted by molar-refractivity contribution is 0.0732. The summed E-state index contributed by atoms with van der Waals surface area (Å²) in [6.45, 7) is 1.72. The maximum Gasteiger partial charge on any atom is 0.251 e. The Morgan fingerprint density at radius 3 is 2.42 bits per heavy atom. The Kier molecular flexibility index (Phi) is 6.59. The number of Topliss-reactive ketones (excluding diaryl/α,β-unsaturated/α-hetero) is 1. The van der Waals surface area contributed by atoms with Crippen LogP contribution in [0.3, 0.4) is 0 Å². The van der Waals surface area contributed by atoms with Gasteiger partial charge in [0.05, 0.1) is 13.2 Å². The number of hydrogen-bond acceptors (Lipinski definition) is 3. The van der Waals surface area contributed by atoms with Crippen molar-refractivity contribution in [3.63, 3.8) is 0 Å². The van der Waals surface area contributed by atoms with E-state index in [1.165, 1.54) is 4.90 Å². The molecule has 1 aromatic rings. The minimum atomic E-state index is -2.46. The smallest absolute Gasteiger partial charge is 0.251 e. The van der Waals surface area contributed by atoms with Gasteiger partial charge in [-0.25, -0.2) is 8.78 Å².